The van der Waals surface area contributed by atoms with E-state index >= 15 is 0 Å². The van der Waals surface area contributed by atoms with E-state index in [1.807, 2.05) is 0 Å². The van der Waals surface area contributed by atoms with E-state index in [0.717, 1.165) is 5.56 Å². The first kappa shape index (κ1) is 14.4. The Kier molecular flexibility index (Phi) is 4.65. The van der Waals surface area contributed by atoms with Crippen molar-refractivity contribution in [2.75, 3.05) is 11.2 Å². The third kappa shape index (κ3) is 3.52. The van der Waals surface area contributed by atoms with E-state index in [0.29, 0.717) is 10.8 Å². The number of anilines is 1. The van der Waals surface area contributed by atoms with Gasteiger partial charge in [-0.05, 0) is 12.1 Å². The normalized spacial score (nSPS) is 10.2. The molecular formula is C12H10ClN3O3S. The highest BCUT2D eigenvalue weighted by Gasteiger charge is 2.09. The van der Waals surface area contributed by atoms with Crippen LogP contribution in [-0.4, -0.2) is 21.7 Å². The van der Waals surface area contributed by atoms with Crippen LogP contribution in [0, 0.1) is 10.1 Å². The summed E-state index contributed by atoms with van der Waals surface area (Å²) in [6.07, 6.45) is 0.230. The molecule has 0 aliphatic heterocycles. The first-order valence-corrected chi connectivity index (χ1v) is 7.07. The predicted octanol–water partition coefficient (Wildman–Crippen LogP) is 3.29. The van der Waals surface area contributed by atoms with Crippen LogP contribution in [0.2, 0.25) is 0 Å². The van der Waals surface area contributed by atoms with Crippen LogP contribution in [0.1, 0.15) is 6.42 Å². The Bertz CT molecular complexity index is 627. The van der Waals surface area contributed by atoms with Crippen LogP contribution >= 0.6 is 22.9 Å². The van der Waals surface area contributed by atoms with Crippen LogP contribution < -0.4 is 5.32 Å². The molecule has 1 aromatic heterocycles. The number of aromatic nitrogens is 1. The van der Waals surface area contributed by atoms with Gasteiger partial charge < -0.3 is 5.32 Å². The van der Waals surface area contributed by atoms with Crippen molar-refractivity contribution in [2.24, 2.45) is 0 Å². The molecule has 0 atom stereocenters. The molecule has 1 amide bonds. The van der Waals surface area contributed by atoms with Gasteiger partial charge in [-0.25, -0.2) is 4.98 Å². The summed E-state index contributed by atoms with van der Waals surface area (Å²) in [7, 11) is 0. The largest absolute Gasteiger partial charge is 0.302 e. The summed E-state index contributed by atoms with van der Waals surface area (Å²) in [5, 5.41) is 15.5. The lowest BCUT2D eigenvalue weighted by molar-refractivity contribution is -0.384. The second-order valence-corrected chi connectivity index (χ2v) is 5.07. The van der Waals surface area contributed by atoms with E-state index in [1.54, 1.807) is 17.5 Å². The fourth-order valence-electron chi connectivity index (χ4n) is 1.49. The summed E-state index contributed by atoms with van der Waals surface area (Å²) < 4.78 is 0. The summed E-state index contributed by atoms with van der Waals surface area (Å²) in [5.74, 6) is 0.0662. The molecule has 0 radical (unpaired) electrons. The number of nitro groups is 1. The van der Waals surface area contributed by atoms with Gasteiger partial charge in [0, 0.05) is 35.4 Å². The molecule has 1 heterocycles. The molecule has 0 spiro atoms. The topological polar surface area (TPSA) is 85.1 Å². The zero-order chi connectivity index (χ0) is 14.5. The SMILES string of the molecule is O=C(CCCl)Nc1nc(-c2ccc([N+](=O)[O-])cc2)cs1. The number of amides is 1. The number of hydrogen-bond donors (Lipinski definition) is 1. The number of benzene rings is 1. The number of alkyl halides is 1. The van der Waals surface area contributed by atoms with Crippen molar-refractivity contribution < 1.29 is 9.72 Å². The van der Waals surface area contributed by atoms with Crippen LogP contribution in [0.15, 0.2) is 29.6 Å². The zero-order valence-electron chi connectivity index (χ0n) is 10.2. The third-order valence-electron chi connectivity index (χ3n) is 2.45. The summed E-state index contributed by atoms with van der Waals surface area (Å²) in [6, 6.07) is 6.08. The average molecular weight is 312 g/mol. The molecule has 6 nitrogen and oxygen atoms in total. The van der Waals surface area contributed by atoms with Crippen molar-refractivity contribution in [1.29, 1.82) is 0 Å². The number of hydrogen-bond acceptors (Lipinski definition) is 5. The van der Waals surface area contributed by atoms with Crippen molar-refractivity contribution in [3.8, 4) is 11.3 Å². The first-order valence-electron chi connectivity index (χ1n) is 5.66. The van der Waals surface area contributed by atoms with Gasteiger partial charge in [-0.3, -0.25) is 14.9 Å². The van der Waals surface area contributed by atoms with Gasteiger partial charge in [0.1, 0.15) is 0 Å². The van der Waals surface area contributed by atoms with E-state index in [-0.39, 0.29) is 23.9 Å². The maximum atomic E-state index is 11.4. The standard InChI is InChI=1S/C12H10ClN3O3S/c13-6-5-11(17)15-12-14-10(7-20-12)8-1-3-9(4-2-8)16(18)19/h1-4,7H,5-6H2,(H,14,15,17). The second kappa shape index (κ2) is 6.44. The molecule has 2 rings (SSSR count). The fraction of sp³-hybridized carbons (Fsp3) is 0.167. The summed E-state index contributed by atoms with van der Waals surface area (Å²) in [6.45, 7) is 0. The lowest BCUT2D eigenvalue weighted by Gasteiger charge is -1.98. The smallest absolute Gasteiger partial charge is 0.269 e. The Hall–Kier alpha value is -1.99. The average Bonchev–Trinajstić information content (AvgIpc) is 2.87. The maximum Gasteiger partial charge on any atom is 0.269 e. The van der Waals surface area contributed by atoms with Gasteiger partial charge in [-0.15, -0.1) is 22.9 Å². The molecule has 0 unspecified atom stereocenters. The molecule has 0 aliphatic carbocycles. The molecule has 104 valence electrons. The van der Waals surface area contributed by atoms with Gasteiger partial charge in [-0.1, -0.05) is 0 Å². The highest BCUT2D eigenvalue weighted by molar-refractivity contribution is 7.14. The third-order valence-corrected chi connectivity index (χ3v) is 3.39. The molecule has 1 aromatic carbocycles. The van der Waals surface area contributed by atoms with Gasteiger partial charge in [-0.2, -0.15) is 0 Å². The number of carbonyl (C=O) groups excluding carboxylic acids is 1. The van der Waals surface area contributed by atoms with Crippen LogP contribution in [0.5, 0.6) is 0 Å². The lowest BCUT2D eigenvalue weighted by Crippen LogP contribution is -2.11. The van der Waals surface area contributed by atoms with E-state index < -0.39 is 4.92 Å². The van der Waals surface area contributed by atoms with Crippen molar-refractivity contribution in [1.82, 2.24) is 4.98 Å². The van der Waals surface area contributed by atoms with Crippen LogP contribution in [0.25, 0.3) is 11.3 Å². The van der Waals surface area contributed by atoms with E-state index in [2.05, 4.69) is 10.3 Å². The Morgan fingerprint density at radius 2 is 2.10 bits per heavy atom. The van der Waals surface area contributed by atoms with E-state index in [4.69, 9.17) is 11.6 Å². The Morgan fingerprint density at radius 3 is 2.70 bits per heavy atom. The number of thiazole rings is 1. The predicted molar refractivity (Wildman–Crippen MR) is 78.2 cm³/mol. The summed E-state index contributed by atoms with van der Waals surface area (Å²) in [4.78, 5) is 25.7. The van der Waals surface area contributed by atoms with Gasteiger partial charge in [0.15, 0.2) is 5.13 Å². The Morgan fingerprint density at radius 1 is 1.40 bits per heavy atom. The molecule has 2 aromatic rings. The van der Waals surface area contributed by atoms with Crippen molar-refractivity contribution >= 4 is 39.7 Å². The monoisotopic (exact) mass is 311 g/mol. The number of non-ortho nitro benzene ring substituents is 1. The number of nitrogens with zero attached hydrogens (tertiary/aromatic N) is 2. The molecule has 0 saturated carbocycles. The highest BCUT2D eigenvalue weighted by Crippen LogP contribution is 2.26. The number of halogens is 1. The zero-order valence-corrected chi connectivity index (χ0v) is 11.8. The number of rotatable bonds is 5. The minimum Gasteiger partial charge on any atom is -0.302 e. The quantitative estimate of drug-likeness (QED) is 0.521. The van der Waals surface area contributed by atoms with Crippen LogP contribution in [0.3, 0.4) is 0 Å². The van der Waals surface area contributed by atoms with Crippen molar-refractivity contribution in [2.45, 2.75) is 6.42 Å². The molecular weight excluding hydrogens is 302 g/mol. The minimum absolute atomic E-state index is 0.0274. The molecule has 1 N–H and O–H groups in total. The summed E-state index contributed by atoms with van der Waals surface area (Å²) >= 11 is 6.76. The second-order valence-electron chi connectivity index (χ2n) is 3.83. The number of carbonyl (C=O) groups is 1. The number of nitro benzene ring substituents is 1. The van der Waals surface area contributed by atoms with E-state index in [9.17, 15) is 14.9 Å². The van der Waals surface area contributed by atoms with Crippen LogP contribution in [0.4, 0.5) is 10.8 Å². The van der Waals surface area contributed by atoms with Crippen LogP contribution in [-0.2, 0) is 4.79 Å². The molecule has 8 heteroatoms. The first-order chi connectivity index (χ1) is 9.60. The van der Waals surface area contributed by atoms with Crippen molar-refractivity contribution in [3.05, 3.63) is 39.8 Å². The Labute approximate surface area is 123 Å². The maximum absolute atomic E-state index is 11.4. The minimum atomic E-state index is -0.456. The van der Waals surface area contributed by atoms with Crippen molar-refractivity contribution in [3.63, 3.8) is 0 Å². The molecule has 0 bridgehead atoms. The molecule has 20 heavy (non-hydrogen) atoms. The van der Waals surface area contributed by atoms with Gasteiger partial charge in [0.05, 0.1) is 10.6 Å². The van der Waals surface area contributed by atoms with Gasteiger partial charge in [0.2, 0.25) is 5.91 Å². The fourth-order valence-corrected chi connectivity index (χ4v) is 2.39. The molecule has 0 fully saturated rings. The van der Waals surface area contributed by atoms with E-state index in [1.165, 1.54) is 23.5 Å². The van der Waals surface area contributed by atoms with Gasteiger partial charge in [0.25, 0.3) is 5.69 Å². The number of nitrogens with one attached hydrogen (secondary N) is 1. The summed E-state index contributed by atoms with van der Waals surface area (Å²) in [5.41, 5.74) is 1.44. The molecule has 0 saturated heterocycles. The molecule has 0 aliphatic rings. The lowest BCUT2D eigenvalue weighted by atomic mass is 10.1. The highest BCUT2D eigenvalue weighted by atomic mass is 35.5. The Balaban J connectivity index is 2.12. The van der Waals surface area contributed by atoms with Gasteiger partial charge >= 0.3 is 0 Å².